The first-order chi connectivity index (χ1) is 16.1. The summed E-state index contributed by atoms with van der Waals surface area (Å²) in [6, 6.07) is 25.6. The van der Waals surface area contributed by atoms with Gasteiger partial charge in [0.15, 0.2) is 0 Å². The topological polar surface area (TPSA) is 37.3 Å². The van der Waals surface area contributed by atoms with Gasteiger partial charge in [0, 0.05) is 54.8 Å². The normalized spacial score (nSPS) is 13.2. The van der Waals surface area contributed by atoms with Gasteiger partial charge >= 0.3 is 6.03 Å². The van der Waals surface area contributed by atoms with E-state index in [9.17, 15) is 4.79 Å². The molecule has 5 rings (SSSR count). The van der Waals surface area contributed by atoms with E-state index in [2.05, 4.69) is 78.3 Å². The second-order valence-corrected chi connectivity index (χ2v) is 9.10. The number of rotatable bonds is 5. The van der Waals surface area contributed by atoms with Crippen LogP contribution < -0.4 is 5.32 Å². The Kier molecular flexibility index (Phi) is 5.91. The third kappa shape index (κ3) is 4.38. The number of nitrogens with zero attached hydrogens (tertiary/aromatic N) is 2. The van der Waals surface area contributed by atoms with Crippen LogP contribution in [0.2, 0.25) is 0 Å². The van der Waals surface area contributed by atoms with E-state index in [1.54, 1.807) is 0 Å². The predicted molar refractivity (Wildman–Crippen MR) is 135 cm³/mol. The van der Waals surface area contributed by atoms with Crippen molar-refractivity contribution < 1.29 is 4.79 Å². The molecule has 0 saturated carbocycles. The fraction of sp³-hybridized carbons (Fsp3) is 0.276. The fourth-order valence-electron chi connectivity index (χ4n) is 4.97. The van der Waals surface area contributed by atoms with Crippen molar-refractivity contribution in [2.75, 3.05) is 13.1 Å². The zero-order valence-electron chi connectivity index (χ0n) is 19.5. The van der Waals surface area contributed by atoms with Gasteiger partial charge in [0.05, 0.1) is 0 Å². The van der Waals surface area contributed by atoms with E-state index in [1.807, 2.05) is 23.1 Å². The maximum absolute atomic E-state index is 12.9. The van der Waals surface area contributed by atoms with Gasteiger partial charge in [-0.2, -0.15) is 0 Å². The fourth-order valence-corrected chi connectivity index (χ4v) is 4.97. The number of para-hydroxylation sites is 1. The van der Waals surface area contributed by atoms with Crippen LogP contribution in [0.15, 0.2) is 72.8 Å². The number of aryl methyl sites for hydroxylation is 2. The molecule has 4 nitrogen and oxygen atoms in total. The van der Waals surface area contributed by atoms with Crippen LogP contribution in [0.1, 0.15) is 33.5 Å². The van der Waals surface area contributed by atoms with Crippen LogP contribution >= 0.6 is 0 Å². The number of nitrogens with one attached hydrogen (secondary N) is 1. The molecular formula is C29H31N3O. The van der Waals surface area contributed by atoms with Gasteiger partial charge in [-0.1, -0.05) is 72.3 Å². The lowest BCUT2D eigenvalue weighted by Gasteiger charge is -2.28. The maximum atomic E-state index is 12.9. The number of hydrogen-bond donors (Lipinski definition) is 1. The summed E-state index contributed by atoms with van der Waals surface area (Å²) in [5.74, 6) is 0. The highest BCUT2D eigenvalue weighted by Gasteiger charge is 2.26. The molecule has 4 heteroatoms. The Morgan fingerprint density at radius 3 is 2.61 bits per heavy atom. The molecule has 4 aromatic rings. The van der Waals surface area contributed by atoms with Crippen molar-refractivity contribution in [3.05, 3.63) is 106 Å². The van der Waals surface area contributed by atoms with E-state index in [0.717, 1.165) is 25.9 Å². The third-order valence-corrected chi connectivity index (χ3v) is 6.81. The molecular weight excluding hydrogens is 406 g/mol. The van der Waals surface area contributed by atoms with Crippen molar-refractivity contribution in [1.29, 1.82) is 0 Å². The minimum atomic E-state index is 0.0305. The van der Waals surface area contributed by atoms with Gasteiger partial charge in [-0.3, -0.25) is 0 Å². The molecule has 0 radical (unpaired) electrons. The second kappa shape index (κ2) is 9.14. The molecule has 168 valence electrons. The molecule has 33 heavy (non-hydrogen) atoms. The van der Waals surface area contributed by atoms with E-state index < -0.39 is 0 Å². The number of fused-ring (bicyclic) bond motifs is 3. The molecule has 1 N–H and O–H groups in total. The molecule has 2 heterocycles. The zero-order chi connectivity index (χ0) is 22.8. The Bertz CT molecular complexity index is 1290. The van der Waals surface area contributed by atoms with Crippen LogP contribution in [0.3, 0.4) is 0 Å². The van der Waals surface area contributed by atoms with Gasteiger partial charge in [0.25, 0.3) is 0 Å². The van der Waals surface area contributed by atoms with Crippen LogP contribution in [0.4, 0.5) is 4.79 Å². The van der Waals surface area contributed by atoms with Crippen molar-refractivity contribution in [1.82, 2.24) is 14.8 Å². The van der Waals surface area contributed by atoms with Crippen LogP contribution in [-0.4, -0.2) is 28.6 Å². The van der Waals surface area contributed by atoms with Gasteiger partial charge in [-0.05, 0) is 43.0 Å². The number of urea groups is 1. The number of amides is 2. The van der Waals surface area contributed by atoms with Crippen LogP contribution in [0, 0.1) is 13.8 Å². The summed E-state index contributed by atoms with van der Waals surface area (Å²) in [5.41, 5.74) is 9.13. The van der Waals surface area contributed by atoms with Crippen molar-refractivity contribution >= 4 is 16.9 Å². The summed E-state index contributed by atoms with van der Waals surface area (Å²) in [6.07, 6.45) is 1.72. The standard InChI is InChI=1S/C29H31N3O/c1-21-12-13-22(2)24(18-21)19-32-27-11-7-6-10-25(27)26-20-31(17-15-28(26)32)29(33)30-16-14-23-8-4-3-5-9-23/h3-13,18H,14-17,19-20H2,1-2H3,(H,30,33). The van der Waals surface area contributed by atoms with E-state index in [0.29, 0.717) is 13.1 Å². The summed E-state index contributed by atoms with van der Waals surface area (Å²) in [7, 11) is 0. The molecule has 1 aromatic heterocycles. The third-order valence-electron chi connectivity index (χ3n) is 6.81. The Labute approximate surface area is 195 Å². The number of hydrogen-bond acceptors (Lipinski definition) is 1. The van der Waals surface area contributed by atoms with Gasteiger partial charge in [0.1, 0.15) is 0 Å². The van der Waals surface area contributed by atoms with Crippen LogP contribution in [-0.2, 0) is 25.9 Å². The van der Waals surface area contributed by atoms with Crippen LogP contribution in [0.25, 0.3) is 10.9 Å². The molecule has 0 spiro atoms. The van der Waals surface area contributed by atoms with Crippen molar-refractivity contribution in [3.63, 3.8) is 0 Å². The Morgan fingerprint density at radius 2 is 1.76 bits per heavy atom. The highest BCUT2D eigenvalue weighted by Crippen LogP contribution is 2.32. The highest BCUT2D eigenvalue weighted by atomic mass is 16.2. The number of benzene rings is 3. The van der Waals surface area contributed by atoms with Gasteiger partial charge < -0.3 is 14.8 Å². The summed E-state index contributed by atoms with van der Waals surface area (Å²) in [6.45, 7) is 7.27. The second-order valence-electron chi connectivity index (χ2n) is 9.10. The van der Waals surface area contributed by atoms with Gasteiger partial charge in [-0.15, -0.1) is 0 Å². The molecule has 3 aromatic carbocycles. The minimum absolute atomic E-state index is 0.0305. The van der Waals surface area contributed by atoms with E-state index >= 15 is 0 Å². The van der Waals surface area contributed by atoms with Crippen molar-refractivity contribution in [2.24, 2.45) is 0 Å². The summed E-state index contributed by atoms with van der Waals surface area (Å²) in [5, 5.41) is 4.38. The lowest BCUT2D eigenvalue weighted by atomic mass is 10.0. The Balaban J connectivity index is 1.36. The van der Waals surface area contributed by atoms with Gasteiger partial charge in [0.2, 0.25) is 0 Å². The molecule has 1 aliphatic heterocycles. The molecule has 2 amide bonds. The molecule has 0 atom stereocenters. The molecule has 0 fully saturated rings. The first-order valence-electron chi connectivity index (χ1n) is 11.8. The first kappa shape index (κ1) is 21.3. The quantitative estimate of drug-likeness (QED) is 0.432. The van der Waals surface area contributed by atoms with Crippen molar-refractivity contribution in [3.8, 4) is 0 Å². The molecule has 0 bridgehead atoms. The van der Waals surface area contributed by atoms with E-state index in [4.69, 9.17) is 0 Å². The van der Waals surface area contributed by atoms with Gasteiger partial charge in [-0.25, -0.2) is 4.79 Å². The summed E-state index contributed by atoms with van der Waals surface area (Å²) >= 11 is 0. The Hall–Kier alpha value is -3.53. The number of aromatic nitrogens is 1. The number of carbonyl (C=O) groups excluding carboxylic acids is 1. The molecule has 0 unspecified atom stereocenters. The molecule has 1 aliphatic rings. The number of carbonyl (C=O) groups is 1. The largest absolute Gasteiger partial charge is 0.340 e. The maximum Gasteiger partial charge on any atom is 0.317 e. The lowest BCUT2D eigenvalue weighted by Crippen LogP contribution is -2.43. The van der Waals surface area contributed by atoms with Crippen molar-refractivity contribution in [2.45, 2.75) is 39.8 Å². The van der Waals surface area contributed by atoms with E-state index in [-0.39, 0.29) is 6.03 Å². The summed E-state index contributed by atoms with van der Waals surface area (Å²) in [4.78, 5) is 14.9. The SMILES string of the molecule is Cc1ccc(C)c(Cn2c3c(c4ccccc42)CN(C(=O)NCCc2ccccc2)CC3)c1. The first-order valence-corrected chi connectivity index (χ1v) is 11.8. The average molecular weight is 438 g/mol. The molecule has 0 saturated heterocycles. The minimum Gasteiger partial charge on any atom is -0.340 e. The monoisotopic (exact) mass is 437 g/mol. The Morgan fingerprint density at radius 1 is 0.970 bits per heavy atom. The smallest absolute Gasteiger partial charge is 0.317 e. The lowest BCUT2D eigenvalue weighted by molar-refractivity contribution is 0.192. The molecule has 0 aliphatic carbocycles. The van der Waals surface area contributed by atoms with Crippen LogP contribution in [0.5, 0.6) is 0 Å². The predicted octanol–water partition coefficient (Wildman–Crippen LogP) is 5.62. The highest BCUT2D eigenvalue weighted by molar-refractivity contribution is 5.87. The van der Waals surface area contributed by atoms with E-state index in [1.165, 1.54) is 44.4 Å². The zero-order valence-corrected chi connectivity index (χ0v) is 19.5. The summed E-state index contributed by atoms with van der Waals surface area (Å²) < 4.78 is 2.47. The average Bonchev–Trinajstić information content (AvgIpc) is 3.15.